The van der Waals surface area contributed by atoms with Gasteiger partial charge in [-0.3, -0.25) is 4.98 Å². The molecule has 0 spiro atoms. The molecule has 0 aliphatic carbocycles. The van der Waals surface area contributed by atoms with Crippen LogP contribution in [0.5, 0.6) is 0 Å². The van der Waals surface area contributed by atoms with Crippen LogP contribution in [0.3, 0.4) is 0 Å². The molecule has 1 rings (SSSR count). The van der Waals surface area contributed by atoms with Gasteiger partial charge in [-0.25, -0.2) is 0 Å². The first-order chi connectivity index (χ1) is 6.72. The van der Waals surface area contributed by atoms with Crippen molar-refractivity contribution < 1.29 is 0 Å². The van der Waals surface area contributed by atoms with Crippen LogP contribution < -0.4 is 5.73 Å². The molecule has 0 aliphatic heterocycles. The van der Waals surface area contributed by atoms with Gasteiger partial charge in [-0.15, -0.1) is 0 Å². The van der Waals surface area contributed by atoms with E-state index in [4.69, 9.17) is 5.73 Å². The topological polar surface area (TPSA) is 42.1 Å². The fourth-order valence-electron chi connectivity index (χ4n) is 1.37. The number of hydrogen-bond donors (Lipinski definition) is 1. The van der Waals surface area contributed by atoms with Gasteiger partial charge in [-0.2, -0.15) is 0 Å². The second kappa shape index (κ2) is 5.60. The van der Waals surface area contributed by atoms with Gasteiger partial charge in [0.25, 0.3) is 0 Å². The normalized spacial score (nSPS) is 10.8. The third-order valence-electron chi connectivity index (χ3n) is 2.17. The van der Waals surface area contributed by atoms with E-state index in [2.05, 4.69) is 23.9 Å². The molecule has 78 valence electrons. The third kappa shape index (κ3) is 3.75. The summed E-state index contributed by atoms with van der Waals surface area (Å²) < 4.78 is 0. The number of hydrogen-bond acceptors (Lipinski definition) is 3. The zero-order valence-electron chi connectivity index (χ0n) is 9.03. The van der Waals surface area contributed by atoms with Crippen molar-refractivity contribution >= 4 is 5.69 Å². The van der Waals surface area contributed by atoms with Crippen molar-refractivity contribution in [1.29, 1.82) is 0 Å². The van der Waals surface area contributed by atoms with Gasteiger partial charge in [0.2, 0.25) is 0 Å². The molecule has 0 saturated heterocycles. The summed E-state index contributed by atoms with van der Waals surface area (Å²) in [6.45, 7) is 4.20. The highest BCUT2D eigenvalue weighted by Gasteiger charge is 2.00. The van der Waals surface area contributed by atoms with Crippen molar-refractivity contribution in [3.05, 3.63) is 24.0 Å². The first-order valence-corrected chi connectivity index (χ1v) is 5.11. The molecule has 1 aromatic heterocycles. The molecule has 0 bridgehead atoms. The third-order valence-corrected chi connectivity index (χ3v) is 2.17. The highest BCUT2D eigenvalue weighted by atomic mass is 15.1. The second-order valence-corrected chi connectivity index (χ2v) is 3.67. The molecule has 2 N–H and O–H groups in total. The van der Waals surface area contributed by atoms with Gasteiger partial charge in [0.1, 0.15) is 0 Å². The lowest BCUT2D eigenvalue weighted by Crippen LogP contribution is -2.19. The highest BCUT2D eigenvalue weighted by Crippen LogP contribution is 2.05. The minimum absolute atomic E-state index is 0.791. The molecule has 1 aromatic rings. The van der Waals surface area contributed by atoms with Crippen molar-refractivity contribution in [3.63, 3.8) is 0 Å². The molecule has 1 heterocycles. The summed E-state index contributed by atoms with van der Waals surface area (Å²) in [6, 6.07) is 3.75. The zero-order valence-corrected chi connectivity index (χ0v) is 9.03. The van der Waals surface area contributed by atoms with Crippen LogP contribution in [0.25, 0.3) is 0 Å². The molecular weight excluding hydrogens is 174 g/mol. The number of nitrogens with zero attached hydrogens (tertiary/aromatic N) is 2. The SMILES string of the molecule is CCCCN(C)Cc1cc(N)ccn1. The largest absolute Gasteiger partial charge is 0.399 e. The number of rotatable bonds is 5. The first kappa shape index (κ1) is 11.0. The van der Waals surface area contributed by atoms with Crippen molar-refractivity contribution in [2.45, 2.75) is 26.3 Å². The van der Waals surface area contributed by atoms with E-state index in [9.17, 15) is 0 Å². The monoisotopic (exact) mass is 193 g/mol. The summed E-state index contributed by atoms with van der Waals surface area (Å²) in [6.07, 6.45) is 4.23. The number of unbranched alkanes of at least 4 members (excludes halogenated alkanes) is 1. The summed E-state index contributed by atoms with van der Waals surface area (Å²) in [4.78, 5) is 6.54. The summed E-state index contributed by atoms with van der Waals surface area (Å²) in [5.74, 6) is 0. The van der Waals surface area contributed by atoms with Crippen LogP contribution in [0, 0.1) is 0 Å². The van der Waals surface area contributed by atoms with Gasteiger partial charge in [0.15, 0.2) is 0 Å². The molecule has 0 fully saturated rings. The van der Waals surface area contributed by atoms with E-state index in [1.165, 1.54) is 12.8 Å². The average molecular weight is 193 g/mol. The quantitative estimate of drug-likeness (QED) is 0.776. The Morgan fingerprint density at radius 1 is 1.50 bits per heavy atom. The summed E-state index contributed by atoms with van der Waals surface area (Å²) in [7, 11) is 2.11. The zero-order chi connectivity index (χ0) is 10.4. The Hall–Kier alpha value is -1.09. The maximum atomic E-state index is 5.68. The van der Waals surface area contributed by atoms with E-state index in [0.29, 0.717) is 0 Å². The van der Waals surface area contributed by atoms with Crippen LogP contribution in [-0.2, 0) is 6.54 Å². The fraction of sp³-hybridized carbons (Fsp3) is 0.545. The summed E-state index contributed by atoms with van der Waals surface area (Å²) in [5.41, 5.74) is 7.51. The smallest absolute Gasteiger partial charge is 0.0564 e. The molecule has 0 atom stereocenters. The molecule has 14 heavy (non-hydrogen) atoms. The molecule has 0 amide bonds. The van der Waals surface area contributed by atoms with Crippen LogP contribution in [0.2, 0.25) is 0 Å². The number of nitrogens with two attached hydrogens (primary N) is 1. The van der Waals surface area contributed by atoms with E-state index < -0.39 is 0 Å². The Kier molecular flexibility index (Phi) is 4.40. The Labute approximate surface area is 85.9 Å². The van der Waals surface area contributed by atoms with Gasteiger partial charge in [-0.05, 0) is 32.1 Å². The predicted molar refractivity (Wildman–Crippen MR) is 59.9 cm³/mol. The van der Waals surface area contributed by atoms with E-state index in [-0.39, 0.29) is 0 Å². The van der Waals surface area contributed by atoms with E-state index >= 15 is 0 Å². The number of anilines is 1. The van der Waals surface area contributed by atoms with Gasteiger partial charge in [0.05, 0.1) is 5.69 Å². The van der Waals surface area contributed by atoms with Crippen molar-refractivity contribution in [1.82, 2.24) is 9.88 Å². The maximum absolute atomic E-state index is 5.68. The van der Waals surface area contributed by atoms with Crippen LogP contribution in [0.15, 0.2) is 18.3 Å². The molecule has 3 nitrogen and oxygen atoms in total. The molecule has 0 radical (unpaired) electrons. The standard InChI is InChI=1S/C11H19N3/c1-3-4-7-14(2)9-11-8-10(12)5-6-13-11/h5-6,8H,3-4,7,9H2,1-2H3,(H2,12,13). The van der Waals surface area contributed by atoms with E-state index in [1.807, 2.05) is 12.1 Å². The van der Waals surface area contributed by atoms with E-state index in [1.54, 1.807) is 6.20 Å². The van der Waals surface area contributed by atoms with Crippen LogP contribution in [-0.4, -0.2) is 23.5 Å². The second-order valence-electron chi connectivity index (χ2n) is 3.67. The van der Waals surface area contributed by atoms with E-state index in [0.717, 1.165) is 24.5 Å². The minimum Gasteiger partial charge on any atom is -0.399 e. The maximum Gasteiger partial charge on any atom is 0.0564 e. The van der Waals surface area contributed by atoms with Crippen LogP contribution >= 0.6 is 0 Å². The number of aromatic nitrogens is 1. The van der Waals surface area contributed by atoms with Crippen LogP contribution in [0.1, 0.15) is 25.5 Å². The van der Waals surface area contributed by atoms with Crippen LogP contribution in [0.4, 0.5) is 5.69 Å². The Balaban J connectivity index is 2.43. The van der Waals surface area contributed by atoms with Crippen molar-refractivity contribution in [3.8, 4) is 0 Å². The first-order valence-electron chi connectivity index (χ1n) is 5.11. The lowest BCUT2D eigenvalue weighted by Gasteiger charge is -2.15. The fourth-order valence-corrected chi connectivity index (χ4v) is 1.37. The number of nitrogen functional groups attached to an aromatic ring is 1. The van der Waals surface area contributed by atoms with Gasteiger partial charge in [0, 0.05) is 18.4 Å². The Morgan fingerprint density at radius 2 is 2.29 bits per heavy atom. The molecule has 0 aromatic carbocycles. The van der Waals surface area contributed by atoms with Crippen molar-refractivity contribution in [2.24, 2.45) is 0 Å². The molecule has 0 unspecified atom stereocenters. The molecular formula is C11H19N3. The predicted octanol–water partition coefficient (Wildman–Crippen LogP) is 1.90. The van der Waals surface area contributed by atoms with Gasteiger partial charge >= 0.3 is 0 Å². The summed E-state index contributed by atoms with van der Waals surface area (Å²) in [5, 5.41) is 0. The molecule has 0 aliphatic rings. The lowest BCUT2D eigenvalue weighted by atomic mass is 10.3. The minimum atomic E-state index is 0.791. The molecule has 3 heteroatoms. The van der Waals surface area contributed by atoms with Crippen molar-refractivity contribution in [2.75, 3.05) is 19.3 Å². The Bertz CT molecular complexity index is 273. The van der Waals surface area contributed by atoms with Gasteiger partial charge < -0.3 is 10.6 Å². The molecule has 0 saturated carbocycles. The average Bonchev–Trinajstić information content (AvgIpc) is 2.15. The summed E-state index contributed by atoms with van der Waals surface area (Å²) >= 11 is 0. The van der Waals surface area contributed by atoms with Gasteiger partial charge in [-0.1, -0.05) is 13.3 Å². The Morgan fingerprint density at radius 3 is 2.93 bits per heavy atom. The number of pyridine rings is 1. The highest BCUT2D eigenvalue weighted by molar-refractivity contribution is 5.37. The lowest BCUT2D eigenvalue weighted by molar-refractivity contribution is 0.317.